The Balaban J connectivity index is 4.00. The van der Waals surface area contributed by atoms with E-state index in [1.807, 2.05) is 11.9 Å². The van der Waals surface area contributed by atoms with Crippen LogP contribution in [0.25, 0.3) is 0 Å². The van der Waals surface area contributed by atoms with Crippen LogP contribution in [0.5, 0.6) is 0 Å². The summed E-state index contributed by atoms with van der Waals surface area (Å²) in [4.78, 5) is 12.4. The molecule has 0 rings (SSSR count). The standard InChI is InChI=1S/C10H21NO3/c1-8(2)9(7-14-4)11(3)6-5-10(12)13/h8-9H,5-7H2,1-4H3,(H,12,13). The third-order valence-corrected chi connectivity index (χ3v) is 2.35. The van der Waals surface area contributed by atoms with Gasteiger partial charge >= 0.3 is 5.97 Å². The van der Waals surface area contributed by atoms with Gasteiger partial charge in [0.05, 0.1) is 13.0 Å². The smallest absolute Gasteiger partial charge is 0.304 e. The zero-order valence-electron chi connectivity index (χ0n) is 9.49. The molecule has 4 nitrogen and oxygen atoms in total. The largest absolute Gasteiger partial charge is 0.481 e. The van der Waals surface area contributed by atoms with E-state index in [0.29, 0.717) is 25.1 Å². The van der Waals surface area contributed by atoms with E-state index in [4.69, 9.17) is 9.84 Å². The van der Waals surface area contributed by atoms with Gasteiger partial charge in [0.1, 0.15) is 0 Å². The van der Waals surface area contributed by atoms with Crippen molar-refractivity contribution in [2.45, 2.75) is 26.3 Å². The van der Waals surface area contributed by atoms with E-state index in [2.05, 4.69) is 13.8 Å². The zero-order chi connectivity index (χ0) is 11.1. The Morgan fingerprint density at radius 1 is 1.50 bits per heavy atom. The quantitative estimate of drug-likeness (QED) is 0.672. The molecule has 4 heteroatoms. The molecule has 0 bridgehead atoms. The number of nitrogens with zero attached hydrogens (tertiary/aromatic N) is 1. The van der Waals surface area contributed by atoms with Gasteiger partial charge in [-0.05, 0) is 13.0 Å². The van der Waals surface area contributed by atoms with Gasteiger partial charge in [-0.1, -0.05) is 13.8 Å². The maximum atomic E-state index is 10.4. The van der Waals surface area contributed by atoms with E-state index in [-0.39, 0.29) is 6.42 Å². The minimum atomic E-state index is -0.753. The normalized spacial score (nSPS) is 13.6. The second-order valence-electron chi connectivity index (χ2n) is 3.89. The van der Waals surface area contributed by atoms with Gasteiger partial charge in [0.25, 0.3) is 0 Å². The van der Waals surface area contributed by atoms with Crippen molar-refractivity contribution in [2.75, 3.05) is 27.3 Å². The first kappa shape index (κ1) is 13.4. The van der Waals surface area contributed by atoms with Crippen molar-refractivity contribution >= 4 is 5.97 Å². The Labute approximate surface area is 85.9 Å². The number of carboxylic acids is 1. The van der Waals surface area contributed by atoms with Crippen molar-refractivity contribution < 1.29 is 14.6 Å². The second kappa shape index (κ2) is 6.79. The molecule has 0 spiro atoms. The first-order valence-corrected chi connectivity index (χ1v) is 4.90. The van der Waals surface area contributed by atoms with Crippen molar-refractivity contribution in [1.82, 2.24) is 4.90 Å². The molecule has 0 saturated heterocycles. The first-order chi connectivity index (χ1) is 6.49. The number of aliphatic carboxylic acids is 1. The molecule has 1 atom stereocenters. The molecule has 0 aliphatic rings. The summed E-state index contributed by atoms with van der Waals surface area (Å²) in [5, 5.41) is 8.55. The highest BCUT2D eigenvalue weighted by Gasteiger charge is 2.18. The maximum Gasteiger partial charge on any atom is 0.304 e. The van der Waals surface area contributed by atoms with Crippen molar-refractivity contribution in [3.8, 4) is 0 Å². The summed E-state index contributed by atoms with van der Waals surface area (Å²) in [5.41, 5.74) is 0. The third kappa shape index (κ3) is 5.19. The van der Waals surface area contributed by atoms with Crippen LogP contribution in [0.2, 0.25) is 0 Å². The van der Waals surface area contributed by atoms with Crippen LogP contribution in [0, 0.1) is 5.92 Å². The number of carbonyl (C=O) groups is 1. The molecule has 1 N–H and O–H groups in total. The molecule has 0 radical (unpaired) electrons. The lowest BCUT2D eigenvalue weighted by Crippen LogP contribution is -2.40. The molecule has 0 fully saturated rings. The molecule has 0 aliphatic carbocycles. The fraction of sp³-hybridized carbons (Fsp3) is 0.900. The van der Waals surface area contributed by atoms with E-state index in [1.54, 1.807) is 7.11 Å². The van der Waals surface area contributed by atoms with E-state index >= 15 is 0 Å². The van der Waals surface area contributed by atoms with Crippen molar-refractivity contribution in [2.24, 2.45) is 5.92 Å². The first-order valence-electron chi connectivity index (χ1n) is 4.90. The SMILES string of the molecule is COCC(C(C)C)N(C)CCC(=O)O. The summed E-state index contributed by atoms with van der Waals surface area (Å²) in [6, 6.07) is 0.291. The number of hydrogen-bond acceptors (Lipinski definition) is 3. The Morgan fingerprint density at radius 2 is 2.07 bits per heavy atom. The van der Waals surface area contributed by atoms with E-state index in [0.717, 1.165) is 0 Å². The Bertz CT molecular complexity index is 171. The highest BCUT2D eigenvalue weighted by atomic mass is 16.5. The predicted molar refractivity (Wildman–Crippen MR) is 55.4 cm³/mol. The monoisotopic (exact) mass is 203 g/mol. The highest BCUT2D eigenvalue weighted by Crippen LogP contribution is 2.09. The molecule has 0 aromatic carbocycles. The number of carboxylic acid groups (broad SMARTS) is 1. The molecule has 1 unspecified atom stereocenters. The number of rotatable bonds is 7. The fourth-order valence-corrected chi connectivity index (χ4v) is 1.44. The summed E-state index contributed by atoms with van der Waals surface area (Å²) < 4.78 is 5.10. The van der Waals surface area contributed by atoms with Gasteiger partial charge in [-0.2, -0.15) is 0 Å². The van der Waals surface area contributed by atoms with Crippen molar-refractivity contribution in [1.29, 1.82) is 0 Å². The predicted octanol–water partition coefficient (Wildman–Crippen LogP) is 1.06. The lowest BCUT2D eigenvalue weighted by molar-refractivity contribution is -0.137. The highest BCUT2D eigenvalue weighted by molar-refractivity contribution is 5.66. The lowest BCUT2D eigenvalue weighted by atomic mass is 10.0. The minimum absolute atomic E-state index is 0.184. The lowest BCUT2D eigenvalue weighted by Gasteiger charge is -2.30. The van der Waals surface area contributed by atoms with Crippen LogP contribution in [-0.4, -0.2) is 49.3 Å². The summed E-state index contributed by atoms with van der Waals surface area (Å²) in [6.45, 7) is 5.44. The van der Waals surface area contributed by atoms with Crippen molar-refractivity contribution in [3.05, 3.63) is 0 Å². The van der Waals surface area contributed by atoms with Crippen LogP contribution in [-0.2, 0) is 9.53 Å². The number of ether oxygens (including phenoxy) is 1. The van der Waals surface area contributed by atoms with Gasteiger partial charge in [-0.3, -0.25) is 4.79 Å². The van der Waals surface area contributed by atoms with Crippen molar-refractivity contribution in [3.63, 3.8) is 0 Å². The van der Waals surface area contributed by atoms with Crippen LogP contribution in [0.3, 0.4) is 0 Å². The van der Waals surface area contributed by atoms with Crippen LogP contribution in [0.15, 0.2) is 0 Å². The number of methoxy groups -OCH3 is 1. The van der Waals surface area contributed by atoms with Gasteiger partial charge in [0.15, 0.2) is 0 Å². The average molecular weight is 203 g/mol. The fourth-order valence-electron chi connectivity index (χ4n) is 1.44. The summed E-state index contributed by atoms with van der Waals surface area (Å²) in [5.74, 6) is -0.287. The molecule has 0 amide bonds. The number of likely N-dealkylation sites (N-methyl/N-ethyl adjacent to an activating group) is 1. The topological polar surface area (TPSA) is 49.8 Å². The van der Waals surface area contributed by atoms with Gasteiger partial charge < -0.3 is 14.7 Å². The molecule has 0 saturated carbocycles. The molecule has 0 aromatic heterocycles. The number of hydrogen-bond donors (Lipinski definition) is 1. The molecule has 14 heavy (non-hydrogen) atoms. The Morgan fingerprint density at radius 3 is 2.43 bits per heavy atom. The maximum absolute atomic E-state index is 10.4. The molecule has 0 aromatic rings. The molecule has 84 valence electrons. The van der Waals surface area contributed by atoms with Gasteiger partial charge in [0.2, 0.25) is 0 Å². The van der Waals surface area contributed by atoms with E-state index < -0.39 is 5.97 Å². The summed E-state index contributed by atoms with van der Waals surface area (Å²) in [7, 11) is 3.60. The Kier molecular flexibility index (Phi) is 6.49. The van der Waals surface area contributed by atoms with E-state index in [1.165, 1.54) is 0 Å². The van der Waals surface area contributed by atoms with Crippen LogP contribution >= 0.6 is 0 Å². The molecule has 0 aliphatic heterocycles. The van der Waals surface area contributed by atoms with Crippen LogP contribution in [0.4, 0.5) is 0 Å². The van der Waals surface area contributed by atoms with Gasteiger partial charge in [-0.15, -0.1) is 0 Å². The van der Waals surface area contributed by atoms with Gasteiger partial charge in [0, 0.05) is 19.7 Å². The molecular formula is C10H21NO3. The summed E-state index contributed by atoms with van der Waals surface area (Å²) in [6.07, 6.45) is 0.184. The van der Waals surface area contributed by atoms with E-state index in [9.17, 15) is 4.79 Å². The van der Waals surface area contributed by atoms with Crippen LogP contribution < -0.4 is 0 Å². The second-order valence-corrected chi connectivity index (χ2v) is 3.89. The average Bonchev–Trinajstić information content (AvgIpc) is 2.09. The van der Waals surface area contributed by atoms with Gasteiger partial charge in [-0.25, -0.2) is 0 Å². The summed E-state index contributed by atoms with van der Waals surface area (Å²) >= 11 is 0. The molecule has 0 heterocycles. The van der Waals surface area contributed by atoms with Crippen LogP contribution in [0.1, 0.15) is 20.3 Å². The minimum Gasteiger partial charge on any atom is -0.481 e. The molecular weight excluding hydrogens is 182 g/mol. The Hall–Kier alpha value is -0.610. The zero-order valence-corrected chi connectivity index (χ0v) is 9.49. The third-order valence-electron chi connectivity index (χ3n) is 2.35.